The van der Waals surface area contributed by atoms with Crippen molar-refractivity contribution in [3.63, 3.8) is 0 Å². The highest BCUT2D eigenvalue weighted by atomic mass is 19.1. The number of esters is 1. The molecule has 0 N–H and O–H groups in total. The Kier molecular flexibility index (Phi) is 6.18. The van der Waals surface area contributed by atoms with E-state index in [4.69, 9.17) is 10.00 Å². The number of benzene rings is 2. The number of nitriles is 1. The number of hydrogen-bond donors (Lipinski definition) is 0. The van der Waals surface area contributed by atoms with Crippen molar-refractivity contribution in [2.24, 2.45) is 17.8 Å². The summed E-state index contributed by atoms with van der Waals surface area (Å²) in [6.07, 6.45) is 8.49. The Morgan fingerprint density at radius 3 is 2.50 bits per heavy atom. The van der Waals surface area contributed by atoms with Crippen LogP contribution < -0.4 is 4.74 Å². The summed E-state index contributed by atoms with van der Waals surface area (Å²) in [6, 6.07) is 13.1. The van der Waals surface area contributed by atoms with Crippen LogP contribution in [0.4, 0.5) is 4.39 Å². The van der Waals surface area contributed by atoms with Crippen LogP contribution in [-0.2, 0) is 0 Å². The number of ether oxygens (including phenoxy) is 1. The van der Waals surface area contributed by atoms with E-state index in [0.29, 0.717) is 17.2 Å². The van der Waals surface area contributed by atoms with Crippen molar-refractivity contribution in [3.8, 4) is 11.8 Å². The SMILES string of the molecule is CC[C@H]1CC[C@@H]2CC(c3ccc(C(=O)Oc4ccc(C#N)cc4)cc3F)CC[C@H]2C1. The van der Waals surface area contributed by atoms with Gasteiger partial charge >= 0.3 is 5.97 Å². The van der Waals surface area contributed by atoms with E-state index in [1.165, 1.54) is 38.2 Å². The van der Waals surface area contributed by atoms with Crippen LogP contribution >= 0.6 is 0 Å². The molecular weight excluding hydrogens is 377 g/mol. The lowest BCUT2D eigenvalue weighted by molar-refractivity contribution is 0.0734. The largest absolute Gasteiger partial charge is 0.423 e. The van der Waals surface area contributed by atoms with Crippen LogP contribution in [0.3, 0.4) is 0 Å². The van der Waals surface area contributed by atoms with Crippen LogP contribution in [0.5, 0.6) is 5.75 Å². The summed E-state index contributed by atoms with van der Waals surface area (Å²) in [7, 11) is 0. The molecule has 0 saturated heterocycles. The van der Waals surface area contributed by atoms with Crippen LogP contribution in [0.15, 0.2) is 42.5 Å². The van der Waals surface area contributed by atoms with E-state index in [9.17, 15) is 9.18 Å². The van der Waals surface area contributed by atoms with Gasteiger partial charge in [0, 0.05) is 0 Å². The predicted octanol–water partition coefficient (Wildman–Crippen LogP) is 6.63. The summed E-state index contributed by atoms with van der Waals surface area (Å²) < 4.78 is 20.2. The zero-order valence-corrected chi connectivity index (χ0v) is 17.4. The highest BCUT2D eigenvalue weighted by molar-refractivity contribution is 5.91. The quantitative estimate of drug-likeness (QED) is 0.424. The van der Waals surface area contributed by atoms with Crippen LogP contribution in [0.25, 0.3) is 0 Å². The van der Waals surface area contributed by atoms with E-state index in [0.717, 1.165) is 30.2 Å². The monoisotopic (exact) mass is 405 g/mol. The molecule has 0 heterocycles. The van der Waals surface area contributed by atoms with Gasteiger partial charge in [-0.15, -0.1) is 0 Å². The molecule has 0 amide bonds. The molecule has 0 aromatic heterocycles. The maximum absolute atomic E-state index is 14.9. The minimum absolute atomic E-state index is 0.206. The van der Waals surface area contributed by atoms with Gasteiger partial charge in [0.1, 0.15) is 11.6 Å². The van der Waals surface area contributed by atoms with Crippen LogP contribution in [0.1, 0.15) is 79.3 Å². The van der Waals surface area contributed by atoms with Crippen molar-refractivity contribution in [1.29, 1.82) is 5.26 Å². The molecule has 2 saturated carbocycles. The summed E-state index contributed by atoms with van der Waals surface area (Å²) in [5.74, 6) is 2.08. The van der Waals surface area contributed by atoms with Gasteiger partial charge in [0.05, 0.1) is 17.2 Å². The van der Waals surface area contributed by atoms with Crippen LogP contribution in [0.2, 0.25) is 0 Å². The molecule has 4 rings (SSSR count). The summed E-state index contributed by atoms with van der Waals surface area (Å²) in [5.41, 5.74) is 1.43. The second-order valence-electron chi connectivity index (χ2n) is 8.88. The lowest BCUT2D eigenvalue weighted by Gasteiger charge is -2.42. The molecule has 2 aromatic rings. The van der Waals surface area contributed by atoms with Gasteiger partial charge in [-0.3, -0.25) is 0 Å². The smallest absolute Gasteiger partial charge is 0.343 e. The van der Waals surface area contributed by atoms with Gasteiger partial charge in [0.15, 0.2) is 0 Å². The van der Waals surface area contributed by atoms with Crippen molar-refractivity contribution < 1.29 is 13.9 Å². The van der Waals surface area contributed by atoms with E-state index in [2.05, 4.69) is 6.92 Å². The first-order valence-electron chi connectivity index (χ1n) is 11.1. The molecule has 4 heteroatoms. The Bertz CT molecular complexity index is 946. The van der Waals surface area contributed by atoms with Gasteiger partial charge in [-0.1, -0.05) is 25.8 Å². The van der Waals surface area contributed by atoms with Crippen molar-refractivity contribution in [2.75, 3.05) is 0 Å². The Hall–Kier alpha value is -2.67. The molecule has 0 bridgehead atoms. The van der Waals surface area contributed by atoms with Crippen molar-refractivity contribution >= 4 is 5.97 Å². The lowest BCUT2D eigenvalue weighted by Crippen LogP contribution is -2.30. The van der Waals surface area contributed by atoms with Gasteiger partial charge in [0.2, 0.25) is 0 Å². The van der Waals surface area contributed by atoms with E-state index in [1.807, 2.05) is 6.07 Å². The van der Waals surface area contributed by atoms with Gasteiger partial charge in [-0.25, -0.2) is 9.18 Å². The third kappa shape index (κ3) is 4.41. The van der Waals surface area contributed by atoms with Crippen LogP contribution in [0, 0.1) is 34.9 Å². The molecule has 1 unspecified atom stereocenters. The van der Waals surface area contributed by atoms with Gasteiger partial charge in [0.25, 0.3) is 0 Å². The molecule has 0 aliphatic heterocycles. The maximum Gasteiger partial charge on any atom is 0.343 e. The second kappa shape index (κ2) is 9.00. The fourth-order valence-corrected chi connectivity index (χ4v) is 5.39. The van der Waals surface area contributed by atoms with E-state index in [-0.39, 0.29) is 17.3 Å². The number of nitrogens with zero attached hydrogens (tertiary/aromatic N) is 1. The third-order valence-electron chi connectivity index (χ3n) is 7.17. The Morgan fingerprint density at radius 1 is 1.07 bits per heavy atom. The normalized spacial score (nSPS) is 25.8. The molecule has 0 spiro atoms. The number of carbonyl (C=O) groups is 1. The predicted molar refractivity (Wildman–Crippen MR) is 114 cm³/mol. The zero-order chi connectivity index (χ0) is 21.1. The van der Waals surface area contributed by atoms with Crippen molar-refractivity contribution in [2.45, 2.75) is 57.8 Å². The second-order valence-corrected chi connectivity index (χ2v) is 8.88. The zero-order valence-electron chi connectivity index (χ0n) is 17.4. The number of hydrogen-bond acceptors (Lipinski definition) is 3. The van der Waals surface area contributed by atoms with Crippen LogP contribution in [-0.4, -0.2) is 5.97 Å². The average Bonchev–Trinajstić information content (AvgIpc) is 2.78. The standard InChI is InChI=1S/C26H28FNO2/c1-2-17-3-6-20-14-21(8-7-19(20)13-17)24-12-9-22(15-25(24)27)26(29)30-23-10-4-18(16-28)5-11-23/h4-5,9-12,15,17,19-21H,2-3,6-8,13-14H2,1H3/t17-,19-,20+,21?/m0/s1. The van der Waals surface area contributed by atoms with Gasteiger partial charge < -0.3 is 4.74 Å². The molecule has 4 atom stereocenters. The summed E-state index contributed by atoms with van der Waals surface area (Å²) in [4.78, 5) is 12.4. The number of rotatable bonds is 4. The molecule has 156 valence electrons. The fourth-order valence-electron chi connectivity index (χ4n) is 5.39. The molecule has 2 fully saturated rings. The molecule has 0 radical (unpaired) electrons. The number of fused-ring (bicyclic) bond motifs is 1. The van der Waals surface area contributed by atoms with Crippen molar-refractivity contribution in [1.82, 2.24) is 0 Å². The molecule has 2 aliphatic carbocycles. The fraction of sp³-hybridized carbons (Fsp3) is 0.462. The maximum atomic E-state index is 14.9. The first-order valence-corrected chi connectivity index (χ1v) is 11.1. The molecule has 2 aliphatic rings. The van der Waals surface area contributed by atoms with E-state index in [1.54, 1.807) is 36.4 Å². The Balaban J connectivity index is 1.42. The molecular formula is C26H28FNO2. The molecule has 2 aromatic carbocycles. The molecule has 30 heavy (non-hydrogen) atoms. The Labute approximate surface area is 177 Å². The first kappa shape index (κ1) is 20.6. The minimum Gasteiger partial charge on any atom is -0.423 e. The Morgan fingerprint density at radius 2 is 1.80 bits per heavy atom. The summed E-state index contributed by atoms with van der Waals surface area (Å²) in [6.45, 7) is 2.29. The van der Waals surface area contributed by atoms with Crippen molar-refractivity contribution in [3.05, 3.63) is 65.0 Å². The topological polar surface area (TPSA) is 50.1 Å². The summed E-state index contributed by atoms with van der Waals surface area (Å²) >= 11 is 0. The molecule has 3 nitrogen and oxygen atoms in total. The summed E-state index contributed by atoms with van der Waals surface area (Å²) in [5, 5.41) is 8.84. The van der Waals surface area contributed by atoms with Gasteiger partial charge in [-0.2, -0.15) is 5.26 Å². The average molecular weight is 406 g/mol. The lowest BCUT2D eigenvalue weighted by atomic mass is 9.63. The highest BCUT2D eigenvalue weighted by Crippen LogP contribution is 2.48. The van der Waals surface area contributed by atoms with E-state index >= 15 is 0 Å². The van der Waals surface area contributed by atoms with E-state index < -0.39 is 5.97 Å². The first-order chi connectivity index (χ1) is 14.6. The number of halogens is 1. The number of carbonyl (C=O) groups excluding carboxylic acids is 1. The third-order valence-corrected chi connectivity index (χ3v) is 7.17. The highest BCUT2D eigenvalue weighted by Gasteiger charge is 2.36. The minimum atomic E-state index is -0.591. The van der Waals surface area contributed by atoms with Gasteiger partial charge in [-0.05, 0) is 97.7 Å².